The Labute approximate surface area is 97.0 Å². The largest absolute Gasteiger partial charge is 0.490 e. The van der Waals surface area contributed by atoms with E-state index in [1.807, 2.05) is 0 Å². The first-order valence-electron chi connectivity index (χ1n) is 6.23. The molecule has 0 bridgehead atoms. The molecule has 2 aliphatic rings. The van der Waals surface area contributed by atoms with E-state index in [9.17, 15) is 0 Å². The summed E-state index contributed by atoms with van der Waals surface area (Å²) in [5.74, 6) is 1.03. The second kappa shape index (κ2) is 3.77. The van der Waals surface area contributed by atoms with E-state index in [0.717, 1.165) is 18.8 Å². The molecule has 1 atom stereocenters. The molecule has 1 heterocycles. The fraction of sp³-hybridized carbons (Fsp3) is 0.571. The maximum absolute atomic E-state index is 6.15. The van der Waals surface area contributed by atoms with Gasteiger partial charge in [0.15, 0.2) is 0 Å². The fourth-order valence-electron chi connectivity index (χ4n) is 2.92. The maximum Gasteiger partial charge on any atom is 0.119 e. The monoisotopic (exact) mass is 217 g/mol. The predicted octanol–water partition coefficient (Wildman–Crippen LogP) is 2.52. The second-order valence-electron chi connectivity index (χ2n) is 5.28. The van der Waals surface area contributed by atoms with Crippen LogP contribution in [0.15, 0.2) is 24.3 Å². The van der Waals surface area contributed by atoms with Crippen molar-refractivity contribution in [3.05, 3.63) is 29.8 Å². The molecule has 0 radical (unpaired) electrons. The van der Waals surface area contributed by atoms with Crippen LogP contribution in [-0.2, 0) is 0 Å². The number of rotatable bonds is 2. The van der Waals surface area contributed by atoms with E-state index < -0.39 is 0 Å². The van der Waals surface area contributed by atoms with Gasteiger partial charge in [-0.15, -0.1) is 0 Å². The third kappa shape index (κ3) is 1.61. The van der Waals surface area contributed by atoms with Crippen LogP contribution in [-0.4, -0.2) is 19.2 Å². The van der Waals surface area contributed by atoms with Crippen LogP contribution in [0.2, 0.25) is 0 Å². The van der Waals surface area contributed by atoms with Gasteiger partial charge < -0.3 is 10.1 Å². The second-order valence-corrected chi connectivity index (χ2v) is 5.28. The number of nitrogens with one attached hydrogen (secondary N) is 1. The first-order chi connectivity index (χ1) is 7.78. The predicted molar refractivity (Wildman–Crippen MR) is 64.7 cm³/mol. The van der Waals surface area contributed by atoms with E-state index in [2.05, 4.69) is 36.5 Å². The van der Waals surface area contributed by atoms with Gasteiger partial charge in [-0.05, 0) is 38.3 Å². The van der Waals surface area contributed by atoms with Gasteiger partial charge in [-0.3, -0.25) is 0 Å². The first-order valence-corrected chi connectivity index (χ1v) is 6.23. The van der Waals surface area contributed by atoms with E-state index in [4.69, 9.17) is 4.74 Å². The standard InChI is InChI=1S/C14H19NO/c1-11-4-6-12(7-5-11)16-13-3-2-8-14(13)9-15-10-14/h4-7,13,15H,2-3,8-10H2,1H3. The lowest BCUT2D eigenvalue weighted by Gasteiger charge is -2.43. The number of hydrogen-bond donors (Lipinski definition) is 1. The molecule has 1 aromatic carbocycles. The normalized spacial score (nSPS) is 26.7. The number of hydrogen-bond acceptors (Lipinski definition) is 2. The molecule has 1 unspecified atom stereocenters. The Morgan fingerprint density at radius 1 is 1.25 bits per heavy atom. The molecule has 1 aliphatic carbocycles. The van der Waals surface area contributed by atoms with Crippen molar-refractivity contribution in [3.8, 4) is 5.75 Å². The zero-order chi connectivity index (χ0) is 11.0. The van der Waals surface area contributed by atoms with Gasteiger partial charge in [-0.1, -0.05) is 17.7 Å². The van der Waals surface area contributed by atoms with Gasteiger partial charge in [0, 0.05) is 18.5 Å². The molecule has 86 valence electrons. The molecule has 2 fully saturated rings. The Kier molecular flexibility index (Phi) is 2.40. The zero-order valence-corrected chi connectivity index (χ0v) is 9.83. The maximum atomic E-state index is 6.15. The molecule has 3 rings (SSSR count). The Morgan fingerprint density at radius 2 is 2.00 bits per heavy atom. The summed E-state index contributed by atoms with van der Waals surface area (Å²) >= 11 is 0. The SMILES string of the molecule is Cc1ccc(OC2CCCC23CNC3)cc1. The van der Waals surface area contributed by atoms with Crippen molar-refractivity contribution >= 4 is 0 Å². The van der Waals surface area contributed by atoms with Crippen molar-refractivity contribution in [1.29, 1.82) is 0 Å². The lowest BCUT2D eigenvalue weighted by atomic mass is 9.78. The minimum absolute atomic E-state index is 0.427. The van der Waals surface area contributed by atoms with Crippen molar-refractivity contribution in [2.45, 2.75) is 32.3 Å². The molecule has 2 nitrogen and oxygen atoms in total. The van der Waals surface area contributed by atoms with Crippen LogP contribution < -0.4 is 10.1 Å². The topological polar surface area (TPSA) is 21.3 Å². The Bertz CT molecular complexity index is 367. The number of ether oxygens (including phenoxy) is 1. The van der Waals surface area contributed by atoms with Crippen LogP contribution in [0.5, 0.6) is 5.75 Å². The molecular formula is C14H19NO. The fourth-order valence-corrected chi connectivity index (χ4v) is 2.92. The van der Waals surface area contributed by atoms with Crippen LogP contribution in [0.3, 0.4) is 0 Å². The first kappa shape index (κ1) is 10.2. The molecule has 16 heavy (non-hydrogen) atoms. The zero-order valence-electron chi connectivity index (χ0n) is 9.83. The molecule has 0 amide bonds. The summed E-state index contributed by atoms with van der Waals surface area (Å²) in [5.41, 5.74) is 1.74. The summed E-state index contributed by atoms with van der Waals surface area (Å²) in [6.07, 6.45) is 4.29. The summed E-state index contributed by atoms with van der Waals surface area (Å²) in [6, 6.07) is 8.42. The third-order valence-corrected chi connectivity index (χ3v) is 4.08. The molecule has 2 heteroatoms. The summed E-state index contributed by atoms with van der Waals surface area (Å²) in [7, 11) is 0. The quantitative estimate of drug-likeness (QED) is 0.822. The molecule has 1 aliphatic heterocycles. The molecule has 1 saturated heterocycles. The Balaban J connectivity index is 1.72. The Hall–Kier alpha value is -1.02. The van der Waals surface area contributed by atoms with Gasteiger partial charge in [0.25, 0.3) is 0 Å². The molecule has 0 aromatic heterocycles. The van der Waals surface area contributed by atoms with Crippen LogP contribution in [0, 0.1) is 12.3 Å². The third-order valence-electron chi connectivity index (χ3n) is 4.08. The summed E-state index contributed by atoms with van der Waals surface area (Å²) in [5, 5.41) is 3.39. The van der Waals surface area contributed by atoms with Crippen LogP contribution in [0.4, 0.5) is 0 Å². The van der Waals surface area contributed by atoms with E-state index >= 15 is 0 Å². The minimum atomic E-state index is 0.427. The van der Waals surface area contributed by atoms with Gasteiger partial charge >= 0.3 is 0 Å². The summed E-state index contributed by atoms with van der Waals surface area (Å²) in [4.78, 5) is 0. The van der Waals surface area contributed by atoms with Crippen molar-refractivity contribution in [3.63, 3.8) is 0 Å². The van der Waals surface area contributed by atoms with E-state index in [-0.39, 0.29) is 0 Å². The molecule has 1 saturated carbocycles. The van der Waals surface area contributed by atoms with Crippen LogP contribution >= 0.6 is 0 Å². The number of aryl methyl sites for hydroxylation is 1. The highest BCUT2D eigenvalue weighted by molar-refractivity contribution is 5.27. The summed E-state index contributed by atoms with van der Waals surface area (Å²) < 4.78 is 6.15. The Morgan fingerprint density at radius 3 is 2.62 bits per heavy atom. The van der Waals surface area contributed by atoms with Gasteiger partial charge in [0.2, 0.25) is 0 Å². The average molecular weight is 217 g/mol. The lowest BCUT2D eigenvalue weighted by Crippen LogP contribution is -2.58. The molecular weight excluding hydrogens is 198 g/mol. The van der Waals surface area contributed by atoms with Crippen molar-refractivity contribution < 1.29 is 4.74 Å². The smallest absolute Gasteiger partial charge is 0.119 e. The highest BCUT2D eigenvalue weighted by Gasteiger charge is 2.48. The lowest BCUT2D eigenvalue weighted by molar-refractivity contribution is 0.0300. The minimum Gasteiger partial charge on any atom is -0.490 e. The van der Waals surface area contributed by atoms with Crippen molar-refractivity contribution in [1.82, 2.24) is 5.32 Å². The van der Waals surface area contributed by atoms with Crippen LogP contribution in [0.1, 0.15) is 24.8 Å². The van der Waals surface area contributed by atoms with E-state index in [1.165, 1.54) is 24.8 Å². The summed E-state index contributed by atoms with van der Waals surface area (Å²) in [6.45, 7) is 4.39. The van der Waals surface area contributed by atoms with Crippen LogP contribution in [0.25, 0.3) is 0 Å². The average Bonchev–Trinajstić information content (AvgIpc) is 2.65. The van der Waals surface area contributed by atoms with Gasteiger partial charge in [0.1, 0.15) is 11.9 Å². The van der Waals surface area contributed by atoms with Gasteiger partial charge in [-0.2, -0.15) is 0 Å². The van der Waals surface area contributed by atoms with Crippen molar-refractivity contribution in [2.24, 2.45) is 5.41 Å². The molecule has 1 spiro atoms. The van der Waals surface area contributed by atoms with E-state index in [1.54, 1.807) is 0 Å². The highest BCUT2D eigenvalue weighted by Crippen LogP contribution is 2.43. The van der Waals surface area contributed by atoms with Crippen molar-refractivity contribution in [2.75, 3.05) is 13.1 Å². The molecule has 1 aromatic rings. The highest BCUT2D eigenvalue weighted by atomic mass is 16.5. The van der Waals surface area contributed by atoms with Gasteiger partial charge in [0.05, 0.1) is 0 Å². The van der Waals surface area contributed by atoms with E-state index in [0.29, 0.717) is 11.5 Å². The molecule has 1 N–H and O–H groups in total. The number of benzene rings is 1. The van der Waals surface area contributed by atoms with Gasteiger partial charge in [-0.25, -0.2) is 0 Å².